The SMILES string of the molecule is CC1=C(C)C(C)(C)[C]([Ti+2][c]2[nH]c3cccc(C)c3c2C)=C1C.[Cl-].[Cl-]. The number of nitrogens with one attached hydrogen (secondary N) is 1. The van der Waals surface area contributed by atoms with Gasteiger partial charge >= 0.3 is 143 Å². The molecule has 1 heterocycles. The number of benzene rings is 1. The fourth-order valence-electron chi connectivity index (χ4n) is 3.72. The Morgan fingerprint density at radius 2 is 1.54 bits per heavy atom. The van der Waals surface area contributed by atoms with Gasteiger partial charge in [-0.05, 0) is 0 Å². The molecule has 0 amide bonds. The van der Waals surface area contributed by atoms with Crippen LogP contribution < -0.4 is 28.8 Å². The summed E-state index contributed by atoms with van der Waals surface area (Å²) in [6, 6.07) is 6.57. The Hall–Kier alpha value is -0.466. The van der Waals surface area contributed by atoms with Crippen molar-refractivity contribution in [1.82, 2.24) is 4.98 Å². The van der Waals surface area contributed by atoms with Crippen molar-refractivity contribution in [2.24, 2.45) is 5.41 Å². The number of rotatable bonds is 2. The van der Waals surface area contributed by atoms with Crippen molar-refractivity contribution in [3.63, 3.8) is 0 Å². The molecule has 24 heavy (non-hydrogen) atoms. The second-order valence-corrected chi connectivity index (χ2v) is 9.07. The standard InChI is InChI=1S/C10H10N.C10H15.2ClH.Ti/c1-7-4-3-5-9-10(7)8(2)6-11-9;1-7-6-10(4,5)9(3)8(7)2;;;/h3-5,11H,1-2H3;1-5H3;2*1H;/q;;;;+2/p-2. The molecule has 1 aromatic carbocycles. The third kappa shape index (κ3) is 3.17. The minimum Gasteiger partial charge on any atom is -1.00 e. The van der Waals surface area contributed by atoms with Crippen LogP contribution in [0.15, 0.2) is 38.8 Å². The Balaban J connectivity index is 0.00000144. The Labute approximate surface area is 167 Å². The molecule has 1 aliphatic carbocycles. The Morgan fingerprint density at radius 1 is 0.917 bits per heavy atom. The molecule has 0 radical (unpaired) electrons. The van der Waals surface area contributed by atoms with Crippen LogP contribution in [0.25, 0.3) is 10.9 Å². The van der Waals surface area contributed by atoms with E-state index in [2.05, 4.69) is 71.6 Å². The van der Waals surface area contributed by atoms with Crippen LogP contribution in [0, 0.1) is 19.3 Å². The first kappa shape index (κ1) is 21.6. The largest absolute Gasteiger partial charge is 1.00 e. The van der Waals surface area contributed by atoms with E-state index in [1.807, 2.05) is 0 Å². The first-order chi connectivity index (χ1) is 10.2. The van der Waals surface area contributed by atoms with Crippen LogP contribution in [0.4, 0.5) is 0 Å². The molecule has 0 aliphatic heterocycles. The zero-order valence-corrected chi connectivity index (χ0v) is 18.6. The third-order valence-electron chi connectivity index (χ3n) is 5.59. The number of aromatic nitrogens is 1. The van der Waals surface area contributed by atoms with Gasteiger partial charge in [0, 0.05) is 0 Å². The van der Waals surface area contributed by atoms with Crippen LogP contribution in [0.5, 0.6) is 0 Å². The molecular formula is C20H25Cl2NTi. The van der Waals surface area contributed by atoms with Gasteiger partial charge in [0.2, 0.25) is 0 Å². The van der Waals surface area contributed by atoms with E-state index in [9.17, 15) is 0 Å². The zero-order chi connectivity index (χ0) is 16.2. The first-order valence-corrected chi connectivity index (χ1v) is 9.56. The van der Waals surface area contributed by atoms with Gasteiger partial charge in [-0.1, -0.05) is 0 Å². The van der Waals surface area contributed by atoms with E-state index in [1.165, 1.54) is 37.2 Å². The maximum Gasteiger partial charge on any atom is -1.00 e. The fourth-order valence-corrected chi connectivity index (χ4v) is 6.27. The van der Waals surface area contributed by atoms with E-state index in [0.717, 1.165) is 0 Å². The summed E-state index contributed by atoms with van der Waals surface area (Å²) in [5.74, 6) is 0. The van der Waals surface area contributed by atoms with Crippen LogP contribution in [-0.2, 0) is 19.2 Å². The predicted molar refractivity (Wildman–Crippen MR) is 92.3 cm³/mol. The van der Waals surface area contributed by atoms with Gasteiger partial charge in [0.05, 0.1) is 0 Å². The van der Waals surface area contributed by atoms with Crippen molar-refractivity contribution in [1.29, 1.82) is 0 Å². The maximum absolute atomic E-state index is 3.72. The normalized spacial score (nSPS) is 16.1. The second-order valence-electron chi connectivity index (χ2n) is 7.12. The summed E-state index contributed by atoms with van der Waals surface area (Å²) in [6.45, 7) is 16.2. The molecule has 0 bridgehead atoms. The predicted octanol–water partition coefficient (Wildman–Crippen LogP) is -0.849. The van der Waals surface area contributed by atoms with Gasteiger partial charge in [0.1, 0.15) is 0 Å². The molecule has 0 saturated carbocycles. The maximum atomic E-state index is 3.72. The molecule has 0 atom stereocenters. The van der Waals surface area contributed by atoms with Gasteiger partial charge in [0.25, 0.3) is 0 Å². The van der Waals surface area contributed by atoms with Gasteiger partial charge in [0.15, 0.2) is 0 Å². The average Bonchev–Trinajstić information content (AvgIpc) is 2.85. The minimum absolute atomic E-state index is 0. The molecule has 128 valence electrons. The summed E-state index contributed by atoms with van der Waals surface area (Å²) in [6.07, 6.45) is 0. The molecule has 2 aromatic rings. The Bertz CT molecular complexity index is 841. The van der Waals surface area contributed by atoms with E-state index in [1.54, 1.807) is 9.45 Å². The number of halogens is 2. The van der Waals surface area contributed by atoms with Crippen molar-refractivity contribution in [3.05, 3.63) is 49.9 Å². The van der Waals surface area contributed by atoms with E-state index in [-0.39, 0.29) is 49.4 Å². The smallest absolute Gasteiger partial charge is 1.00 e. The van der Waals surface area contributed by atoms with Crippen LogP contribution in [0.2, 0.25) is 0 Å². The first-order valence-electron chi connectivity index (χ1n) is 7.99. The molecule has 1 aliphatic rings. The molecule has 1 nitrogen and oxygen atoms in total. The van der Waals surface area contributed by atoms with E-state index in [0.29, 0.717) is 0 Å². The van der Waals surface area contributed by atoms with E-state index >= 15 is 0 Å². The number of hydrogen-bond acceptors (Lipinski definition) is 0. The van der Waals surface area contributed by atoms with Gasteiger partial charge in [-0.2, -0.15) is 0 Å². The van der Waals surface area contributed by atoms with Crippen molar-refractivity contribution < 1.29 is 44.0 Å². The van der Waals surface area contributed by atoms with Gasteiger partial charge < -0.3 is 24.8 Å². The molecule has 0 saturated heterocycles. The molecule has 0 unspecified atom stereocenters. The molecule has 3 rings (SSSR count). The average molecular weight is 398 g/mol. The van der Waals surface area contributed by atoms with E-state index < -0.39 is 0 Å². The van der Waals surface area contributed by atoms with Crippen LogP contribution in [0.3, 0.4) is 0 Å². The number of aryl methyl sites for hydroxylation is 2. The summed E-state index contributed by atoms with van der Waals surface area (Å²) in [5.41, 5.74) is 8.97. The van der Waals surface area contributed by atoms with E-state index in [4.69, 9.17) is 0 Å². The number of fused-ring (bicyclic) bond motifs is 1. The number of H-pyrrole nitrogens is 1. The summed E-state index contributed by atoms with van der Waals surface area (Å²) in [4.78, 5) is 3.72. The molecule has 0 fully saturated rings. The van der Waals surface area contributed by atoms with Crippen molar-refractivity contribution in [2.75, 3.05) is 0 Å². The van der Waals surface area contributed by atoms with Gasteiger partial charge in [-0.25, -0.2) is 0 Å². The molecule has 1 N–H and O–H groups in total. The number of hydrogen-bond donors (Lipinski definition) is 1. The van der Waals surface area contributed by atoms with Crippen LogP contribution in [0.1, 0.15) is 45.7 Å². The molecular weight excluding hydrogens is 373 g/mol. The Morgan fingerprint density at radius 3 is 2.04 bits per heavy atom. The molecule has 1 aromatic heterocycles. The van der Waals surface area contributed by atoms with Crippen LogP contribution in [-0.4, -0.2) is 4.98 Å². The fraction of sp³-hybridized carbons (Fsp3) is 0.400. The monoisotopic (exact) mass is 397 g/mol. The minimum atomic E-state index is -0.323. The summed E-state index contributed by atoms with van der Waals surface area (Å²) < 4.78 is 3.18. The Kier molecular flexibility index (Phi) is 6.67. The summed E-state index contributed by atoms with van der Waals surface area (Å²) in [7, 11) is 0. The third-order valence-corrected chi connectivity index (χ3v) is 8.72. The number of aromatic amines is 1. The van der Waals surface area contributed by atoms with Crippen LogP contribution >= 0.6 is 0 Å². The molecule has 0 spiro atoms. The van der Waals surface area contributed by atoms with Gasteiger partial charge in [-0.3, -0.25) is 0 Å². The van der Waals surface area contributed by atoms with Gasteiger partial charge in [-0.15, -0.1) is 0 Å². The molecule has 4 heteroatoms. The van der Waals surface area contributed by atoms with Crippen molar-refractivity contribution >= 4 is 14.9 Å². The van der Waals surface area contributed by atoms with Crippen molar-refractivity contribution in [2.45, 2.75) is 48.5 Å². The second kappa shape index (κ2) is 7.42. The topological polar surface area (TPSA) is 15.8 Å². The summed E-state index contributed by atoms with van der Waals surface area (Å²) >= 11 is -0.323. The van der Waals surface area contributed by atoms with Crippen molar-refractivity contribution in [3.8, 4) is 0 Å². The quantitative estimate of drug-likeness (QED) is 0.635. The number of allylic oxidation sites excluding steroid dienone is 4. The summed E-state index contributed by atoms with van der Waals surface area (Å²) in [5, 5.41) is 1.43. The zero-order valence-electron chi connectivity index (χ0n) is 15.5.